The van der Waals surface area contributed by atoms with E-state index in [0.29, 0.717) is 5.54 Å². The van der Waals surface area contributed by atoms with Crippen molar-refractivity contribution in [3.05, 3.63) is 29.8 Å². The van der Waals surface area contributed by atoms with Crippen LogP contribution in [0, 0.1) is 24.3 Å². The average molecular weight is 338 g/mol. The number of piperazine rings is 1. The molecule has 4 saturated carbocycles. The fourth-order valence-electron chi connectivity index (χ4n) is 7.09. The Bertz CT molecular complexity index is 628. The SMILES string of the molecule is CN1CCN2CCN(C)C3=C2C1=CN(C12CC4CC(CC(C4)C1)C2)[C]3. The standard InChI is InChI=1S/C21H30N4/c1-22-3-5-24-6-4-23(2)19-14-25(13-18(22)20(19)24)21-10-15-7-16(11-21)9-17(8-15)12-21/h13,15-17H,3-12H2,1-2H3. The summed E-state index contributed by atoms with van der Waals surface area (Å²) in [5.41, 5.74) is 4.57. The first-order valence-electron chi connectivity index (χ1n) is 10.3. The van der Waals surface area contributed by atoms with Gasteiger partial charge in [0.2, 0.25) is 0 Å². The van der Waals surface area contributed by atoms with Crippen LogP contribution in [0.5, 0.6) is 0 Å². The molecule has 0 N–H and O–H groups in total. The zero-order valence-electron chi connectivity index (χ0n) is 15.7. The van der Waals surface area contributed by atoms with Crippen molar-refractivity contribution in [2.45, 2.75) is 44.1 Å². The molecule has 0 aromatic heterocycles. The lowest BCUT2D eigenvalue weighted by Crippen LogP contribution is -2.60. The molecule has 3 heterocycles. The molecule has 0 aromatic carbocycles. The van der Waals surface area contributed by atoms with Crippen molar-refractivity contribution < 1.29 is 0 Å². The summed E-state index contributed by atoms with van der Waals surface area (Å²) in [6.07, 6.45) is 11.2. The monoisotopic (exact) mass is 338 g/mol. The van der Waals surface area contributed by atoms with Gasteiger partial charge in [-0.2, -0.15) is 0 Å². The highest BCUT2D eigenvalue weighted by Gasteiger charge is 2.54. The van der Waals surface area contributed by atoms with E-state index in [1.165, 1.54) is 55.6 Å². The molecule has 25 heavy (non-hydrogen) atoms. The third-order valence-electron chi connectivity index (χ3n) is 7.98. The van der Waals surface area contributed by atoms with E-state index in [-0.39, 0.29) is 0 Å². The molecule has 5 fully saturated rings. The second kappa shape index (κ2) is 4.89. The van der Waals surface area contributed by atoms with E-state index in [1.807, 2.05) is 0 Å². The van der Waals surface area contributed by atoms with Crippen LogP contribution in [0.25, 0.3) is 0 Å². The summed E-state index contributed by atoms with van der Waals surface area (Å²) >= 11 is 0. The maximum absolute atomic E-state index is 3.91. The van der Waals surface area contributed by atoms with E-state index >= 15 is 0 Å². The largest absolute Gasteiger partial charge is 0.372 e. The predicted molar refractivity (Wildman–Crippen MR) is 97.9 cm³/mol. The van der Waals surface area contributed by atoms with E-state index in [2.05, 4.69) is 46.4 Å². The lowest BCUT2D eigenvalue weighted by molar-refractivity contribution is -0.0631. The minimum Gasteiger partial charge on any atom is -0.372 e. The molecule has 0 unspecified atom stereocenters. The van der Waals surface area contributed by atoms with Gasteiger partial charge in [-0.25, -0.2) is 0 Å². The number of likely N-dealkylation sites (N-methyl/N-ethyl adjacent to an activating group) is 2. The molecule has 7 rings (SSSR count). The number of rotatable bonds is 1. The van der Waals surface area contributed by atoms with Crippen molar-refractivity contribution in [1.29, 1.82) is 0 Å². The second-order valence-corrected chi connectivity index (χ2v) is 9.67. The second-order valence-electron chi connectivity index (χ2n) is 9.67. The van der Waals surface area contributed by atoms with Crippen LogP contribution in [0.1, 0.15) is 38.5 Å². The van der Waals surface area contributed by atoms with Gasteiger partial charge in [-0.15, -0.1) is 0 Å². The normalized spacial score (nSPS) is 42.2. The fraction of sp³-hybridized carbons (Fsp3) is 0.762. The van der Waals surface area contributed by atoms with Crippen LogP contribution in [0.15, 0.2) is 23.3 Å². The van der Waals surface area contributed by atoms with Gasteiger partial charge in [0.1, 0.15) is 6.54 Å². The van der Waals surface area contributed by atoms with Gasteiger partial charge in [0.05, 0.1) is 17.1 Å². The molecule has 7 aliphatic rings. The molecule has 4 heteroatoms. The van der Waals surface area contributed by atoms with Crippen molar-refractivity contribution in [2.75, 3.05) is 40.3 Å². The molecule has 0 amide bonds. The van der Waals surface area contributed by atoms with Crippen LogP contribution in [0.4, 0.5) is 0 Å². The summed E-state index contributed by atoms with van der Waals surface area (Å²) < 4.78 is 0. The van der Waals surface area contributed by atoms with Crippen molar-refractivity contribution in [3.63, 3.8) is 0 Å². The van der Waals surface area contributed by atoms with Gasteiger partial charge in [0.15, 0.2) is 0 Å². The average Bonchev–Trinajstić information content (AvgIpc) is 2.59. The van der Waals surface area contributed by atoms with E-state index in [4.69, 9.17) is 0 Å². The van der Waals surface area contributed by atoms with Gasteiger partial charge in [0, 0.05) is 52.0 Å². The molecular weight excluding hydrogens is 308 g/mol. The summed E-state index contributed by atoms with van der Waals surface area (Å²) in [7, 11) is 4.52. The molecule has 4 bridgehead atoms. The van der Waals surface area contributed by atoms with E-state index in [9.17, 15) is 0 Å². The van der Waals surface area contributed by atoms with Gasteiger partial charge < -0.3 is 19.6 Å². The number of nitrogens with zero attached hydrogens (tertiary/aromatic N) is 4. The zero-order chi connectivity index (χ0) is 16.8. The summed E-state index contributed by atoms with van der Waals surface area (Å²) in [4.78, 5) is 10.1. The molecule has 0 atom stereocenters. The molecule has 2 radical (unpaired) electrons. The highest BCUT2D eigenvalue weighted by Crippen LogP contribution is 2.59. The molecule has 4 nitrogen and oxygen atoms in total. The summed E-state index contributed by atoms with van der Waals surface area (Å²) in [5.74, 6) is 2.93. The van der Waals surface area contributed by atoms with Gasteiger partial charge >= 0.3 is 0 Å². The first kappa shape index (κ1) is 14.8. The Morgan fingerprint density at radius 3 is 2.12 bits per heavy atom. The molecule has 4 aliphatic carbocycles. The Kier molecular flexibility index (Phi) is 2.90. The van der Waals surface area contributed by atoms with Crippen molar-refractivity contribution >= 4 is 0 Å². The van der Waals surface area contributed by atoms with Crippen LogP contribution < -0.4 is 0 Å². The van der Waals surface area contributed by atoms with E-state index < -0.39 is 0 Å². The topological polar surface area (TPSA) is 13.0 Å². The Morgan fingerprint density at radius 2 is 1.48 bits per heavy atom. The van der Waals surface area contributed by atoms with Crippen molar-refractivity contribution in [1.82, 2.24) is 19.6 Å². The number of hydrogen-bond donors (Lipinski definition) is 0. The quantitative estimate of drug-likeness (QED) is 0.728. The van der Waals surface area contributed by atoms with E-state index in [1.54, 1.807) is 0 Å². The maximum Gasteiger partial charge on any atom is 0.146 e. The van der Waals surface area contributed by atoms with E-state index in [0.717, 1.165) is 43.9 Å². The lowest BCUT2D eigenvalue weighted by Gasteiger charge is -2.61. The summed E-state index contributed by atoms with van der Waals surface area (Å²) in [5, 5.41) is 0. The first-order chi connectivity index (χ1) is 12.1. The minimum absolute atomic E-state index is 0.363. The van der Waals surface area contributed by atoms with Crippen molar-refractivity contribution in [2.24, 2.45) is 17.8 Å². The van der Waals surface area contributed by atoms with Crippen molar-refractivity contribution in [3.8, 4) is 0 Å². The van der Waals surface area contributed by atoms with Crippen LogP contribution >= 0.6 is 0 Å². The Morgan fingerprint density at radius 1 is 0.880 bits per heavy atom. The Balaban J connectivity index is 1.41. The highest BCUT2D eigenvalue weighted by molar-refractivity contribution is 5.43. The molecule has 0 spiro atoms. The molecular formula is C21H30N4. The smallest absolute Gasteiger partial charge is 0.146 e. The third-order valence-corrected chi connectivity index (χ3v) is 7.98. The molecule has 1 saturated heterocycles. The van der Waals surface area contributed by atoms with Crippen LogP contribution in [0.2, 0.25) is 0 Å². The van der Waals surface area contributed by atoms with Crippen LogP contribution in [0.3, 0.4) is 0 Å². The van der Waals surface area contributed by atoms with Crippen LogP contribution in [-0.4, -0.2) is 65.4 Å². The zero-order valence-corrected chi connectivity index (χ0v) is 15.7. The Hall–Kier alpha value is -1.32. The first-order valence-corrected chi connectivity index (χ1v) is 10.3. The lowest BCUT2D eigenvalue weighted by atomic mass is 9.52. The molecule has 134 valence electrons. The fourth-order valence-corrected chi connectivity index (χ4v) is 7.09. The highest BCUT2D eigenvalue weighted by atomic mass is 15.4. The predicted octanol–water partition coefficient (Wildman–Crippen LogP) is 2.56. The third kappa shape index (κ3) is 2.00. The molecule has 3 aliphatic heterocycles. The summed E-state index contributed by atoms with van der Waals surface area (Å²) in [6, 6.07) is 0. The van der Waals surface area contributed by atoms with Gasteiger partial charge in [0.25, 0.3) is 0 Å². The van der Waals surface area contributed by atoms with Crippen LogP contribution in [-0.2, 0) is 0 Å². The van der Waals surface area contributed by atoms with Gasteiger partial charge in [-0.1, -0.05) is 0 Å². The molecule has 0 aromatic rings. The van der Waals surface area contributed by atoms with Gasteiger partial charge in [-0.05, 0) is 56.3 Å². The number of hydrogen-bond acceptors (Lipinski definition) is 4. The minimum atomic E-state index is 0.363. The Labute approximate surface area is 152 Å². The summed E-state index contributed by atoms with van der Waals surface area (Å²) in [6.45, 7) is 8.47. The van der Waals surface area contributed by atoms with Gasteiger partial charge in [-0.3, -0.25) is 0 Å². The maximum atomic E-state index is 3.91.